The average Bonchev–Trinajstić information content (AvgIpc) is 2.62. The van der Waals surface area contributed by atoms with E-state index in [0.29, 0.717) is 12.3 Å². The van der Waals surface area contributed by atoms with Crippen molar-refractivity contribution in [2.45, 2.75) is 25.7 Å². The Morgan fingerprint density at radius 3 is 2.46 bits per heavy atom. The summed E-state index contributed by atoms with van der Waals surface area (Å²) in [4.78, 5) is 12.2. The van der Waals surface area contributed by atoms with Crippen molar-refractivity contribution >= 4 is 23.0 Å². The minimum Gasteiger partial charge on any atom is -0.355 e. The Morgan fingerprint density at radius 1 is 0.958 bits per heavy atom. The van der Waals surface area contributed by atoms with E-state index in [-0.39, 0.29) is 5.91 Å². The number of anilines is 3. The number of carbonyl (C=O) groups is 1. The van der Waals surface area contributed by atoms with Crippen molar-refractivity contribution in [1.82, 2.24) is 5.32 Å². The van der Waals surface area contributed by atoms with Crippen LogP contribution in [-0.4, -0.2) is 19.0 Å². The monoisotopic (exact) mass is 323 g/mol. The maximum Gasteiger partial charge on any atom is 0.224 e. The molecule has 4 nitrogen and oxygen atoms in total. The van der Waals surface area contributed by atoms with Gasteiger partial charge in [0.2, 0.25) is 5.91 Å². The molecule has 1 aliphatic heterocycles. The quantitative estimate of drug-likeness (QED) is 0.748. The molecule has 0 atom stereocenters. The van der Waals surface area contributed by atoms with Gasteiger partial charge < -0.3 is 16.0 Å². The summed E-state index contributed by atoms with van der Waals surface area (Å²) in [5, 5.41) is 9.72. The lowest BCUT2D eigenvalue weighted by Gasteiger charge is -2.22. The molecule has 3 N–H and O–H groups in total. The smallest absolute Gasteiger partial charge is 0.224 e. The van der Waals surface area contributed by atoms with Gasteiger partial charge in [0.05, 0.1) is 0 Å². The van der Waals surface area contributed by atoms with Crippen molar-refractivity contribution in [2.75, 3.05) is 23.7 Å². The summed E-state index contributed by atoms with van der Waals surface area (Å²) in [6.07, 6.45) is 3.95. The van der Waals surface area contributed by atoms with E-state index in [0.717, 1.165) is 36.6 Å². The van der Waals surface area contributed by atoms with Crippen molar-refractivity contribution in [3.8, 4) is 0 Å². The molecule has 0 spiro atoms. The molecule has 3 rings (SSSR count). The summed E-state index contributed by atoms with van der Waals surface area (Å²) < 4.78 is 0. The molecule has 1 fully saturated rings. The molecule has 0 unspecified atom stereocenters. The fourth-order valence-corrected chi connectivity index (χ4v) is 3.09. The number of piperidine rings is 1. The SMILES string of the molecule is O=C(CCC1CCNCC1)Nc1cccc(Nc2ccccc2)c1. The molecule has 2 aromatic rings. The third kappa shape index (κ3) is 5.10. The highest BCUT2D eigenvalue weighted by Crippen LogP contribution is 2.21. The Hall–Kier alpha value is -2.33. The van der Waals surface area contributed by atoms with Crippen LogP contribution in [0.5, 0.6) is 0 Å². The van der Waals surface area contributed by atoms with Crippen molar-refractivity contribution in [1.29, 1.82) is 0 Å². The molecule has 1 heterocycles. The van der Waals surface area contributed by atoms with Gasteiger partial charge >= 0.3 is 0 Å². The first kappa shape index (κ1) is 16.5. The third-order valence-corrected chi connectivity index (χ3v) is 4.45. The number of para-hydroxylation sites is 1. The van der Waals surface area contributed by atoms with Crippen molar-refractivity contribution < 1.29 is 4.79 Å². The summed E-state index contributed by atoms with van der Waals surface area (Å²) >= 11 is 0. The van der Waals surface area contributed by atoms with Crippen molar-refractivity contribution in [2.24, 2.45) is 5.92 Å². The highest BCUT2D eigenvalue weighted by atomic mass is 16.1. The molecule has 2 aromatic carbocycles. The highest BCUT2D eigenvalue weighted by Gasteiger charge is 2.14. The maximum atomic E-state index is 12.2. The molecule has 0 radical (unpaired) electrons. The number of carbonyl (C=O) groups excluding carboxylic acids is 1. The van der Waals surface area contributed by atoms with Gasteiger partial charge in [-0.1, -0.05) is 24.3 Å². The van der Waals surface area contributed by atoms with Gasteiger partial charge in [-0.05, 0) is 68.6 Å². The first-order valence-corrected chi connectivity index (χ1v) is 8.72. The maximum absolute atomic E-state index is 12.2. The molecule has 0 bridgehead atoms. The molecule has 24 heavy (non-hydrogen) atoms. The second kappa shape index (κ2) is 8.50. The summed E-state index contributed by atoms with van der Waals surface area (Å²) in [5.41, 5.74) is 2.84. The number of rotatable bonds is 6. The Balaban J connectivity index is 1.51. The standard InChI is InChI=1S/C20H25N3O/c24-20(10-9-16-11-13-21-14-12-16)23-19-8-4-7-18(15-19)22-17-5-2-1-3-6-17/h1-8,15-16,21-22H,9-14H2,(H,23,24). The Morgan fingerprint density at radius 2 is 1.67 bits per heavy atom. The van der Waals surface area contributed by atoms with E-state index in [1.807, 2.05) is 54.6 Å². The molecule has 126 valence electrons. The zero-order chi connectivity index (χ0) is 16.6. The van der Waals surface area contributed by atoms with Crippen LogP contribution in [0.4, 0.5) is 17.1 Å². The highest BCUT2D eigenvalue weighted by molar-refractivity contribution is 5.91. The first-order valence-electron chi connectivity index (χ1n) is 8.72. The molecule has 1 saturated heterocycles. The number of benzene rings is 2. The summed E-state index contributed by atoms with van der Waals surface area (Å²) in [7, 11) is 0. The van der Waals surface area contributed by atoms with E-state index in [1.165, 1.54) is 12.8 Å². The Bertz CT molecular complexity index is 651. The largest absolute Gasteiger partial charge is 0.355 e. The number of nitrogens with one attached hydrogen (secondary N) is 3. The van der Waals surface area contributed by atoms with E-state index in [9.17, 15) is 4.79 Å². The molecule has 1 amide bonds. The van der Waals surface area contributed by atoms with E-state index >= 15 is 0 Å². The molecule has 0 aromatic heterocycles. The molecular weight excluding hydrogens is 298 g/mol. The van der Waals surface area contributed by atoms with Crippen molar-refractivity contribution in [3.05, 3.63) is 54.6 Å². The molecule has 4 heteroatoms. The van der Waals surface area contributed by atoms with Gasteiger partial charge in [0, 0.05) is 23.5 Å². The second-order valence-corrected chi connectivity index (χ2v) is 6.35. The number of amides is 1. The molecule has 0 saturated carbocycles. The van der Waals surface area contributed by atoms with Crippen LogP contribution >= 0.6 is 0 Å². The summed E-state index contributed by atoms with van der Waals surface area (Å²) in [6, 6.07) is 17.9. The predicted molar refractivity (Wildman–Crippen MR) is 99.6 cm³/mol. The van der Waals surface area contributed by atoms with E-state index in [1.54, 1.807) is 0 Å². The van der Waals surface area contributed by atoms with E-state index in [4.69, 9.17) is 0 Å². The van der Waals surface area contributed by atoms with Gasteiger partial charge in [0.25, 0.3) is 0 Å². The number of hydrogen-bond acceptors (Lipinski definition) is 3. The van der Waals surface area contributed by atoms with Gasteiger partial charge in [-0.2, -0.15) is 0 Å². The first-order chi connectivity index (χ1) is 11.8. The second-order valence-electron chi connectivity index (χ2n) is 6.35. The molecular formula is C20H25N3O. The van der Waals surface area contributed by atoms with Crippen molar-refractivity contribution in [3.63, 3.8) is 0 Å². The fraction of sp³-hybridized carbons (Fsp3) is 0.350. The van der Waals surface area contributed by atoms with Gasteiger partial charge in [0.15, 0.2) is 0 Å². The summed E-state index contributed by atoms with van der Waals surface area (Å²) in [5.74, 6) is 0.786. The van der Waals surface area contributed by atoms with Crippen LogP contribution in [-0.2, 0) is 4.79 Å². The van der Waals surface area contributed by atoms with Gasteiger partial charge in [-0.3, -0.25) is 4.79 Å². The lowest BCUT2D eigenvalue weighted by Crippen LogP contribution is -2.28. The van der Waals surface area contributed by atoms with Crippen LogP contribution in [0, 0.1) is 5.92 Å². The van der Waals surface area contributed by atoms with Crippen LogP contribution in [0.3, 0.4) is 0 Å². The lowest BCUT2D eigenvalue weighted by atomic mass is 9.93. The third-order valence-electron chi connectivity index (χ3n) is 4.45. The number of hydrogen-bond donors (Lipinski definition) is 3. The van der Waals surface area contributed by atoms with Crippen LogP contribution in [0.1, 0.15) is 25.7 Å². The zero-order valence-corrected chi connectivity index (χ0v) is 13.9. The fourth-order valence-electron chi connectivity index (χ4n) is 3.09. The zero-order valence-electron chi connectivity index (χ0n) is 13.9. The Labute approximate surface area is 143 Å². The van der Waals surface area contributed by atoms with E-state index in [2.05, 4.69) is 16.0 Å². The normalized spacial score (nSPS) is 15.0. The Kier molecular flexibility index (Phi) is 5.85. The van der Waals surface area contributed by atoms with Crippen LogP contribution in [0.2, 0.25) is 0 Å². The van der Waals surface area contributed by atoms with E-state index < -0.39 is 0 Å². The lowest BCUT2D eigenvalue weighted by molar-refractivity contribution is -0.116. The minimum absolute atomic E-state index is 0.102. The van der Waals surface area contributed by atoms with Crippen LogP contribution in [0.25, 0.3) is 0 Å². The molecule has 1 aliphatic rings. The summed E-state index contributed by atoms with van der Waals surface area (Å²) in [6.45, 7) is 2.17. The van der Waals surface area contributed by atoms with Gasteiger partial charge in [-0.25, -0.2) is 0 Å². The predicted octanol–water partition coefficient (Wildman–Crippen LogP) is 4.15. The van der Waals surface area contributed by atoms with Gasteiger partial charge in [-0.15, -0.1) is 0 Å². The van der Waals surface area contributed by atoms with Gasteiger partial charge in [0.1, 0.15) is 0 Å². The average molecular weight is 323 g/mol. The van der Waals surface area contributed by atoms with Crippen LogP contribution < -0.4 is 16.0 Å². The topological polar surface area (TPSA) is 53.2 Å². The minimum atomic E-state index is 0.102. The van der Waals surface area contributed by atoms with Crippen LogP contribution in [0.15, 0.2) is 54.6 Å². The molecule has 0 aliphatic carbocycles.